The molecule has 0 saturated carbocycles. The molecular weight excluding hydrogens is 253 g/mol. The third-order valence-corrected chi connectivity index (χ3v) is 2.38. The lowest BCUT2D eigenvalue weighted by Gasteiger charge is -2.14. The van der Waals surface area contributed by atoms with E-state index in [9.17, 15) is 23.1 Å². The minimum absolute atomic E-state index is 0.162. The van der Waals surface area contributed by atoms with Gasteiger partial charge in [-0.1, -0.05) is 0 Å². The SMILES string of the molecule is O=C1NC[C@@H](c2cc(OC(F)(F)F)ccc2O)N1. The molecule has 0 radical (unpaired) electrons. The fraction of sp³-hybridized carbons (Fsp3) is 0.300. The van der Waals surface area contributed by atoms with Crippen LogP contribution in [0.25, 0.3) is 0 Å². The molecule has 1 aliphatic rings. The Morgan fingerprint density at radius 1 is 1.39 bits per heavy atom. The third-order valence-electron chi connectivity index (χ3n) is 2.38. The second kappa shape index (κ2) is 4.28. The summed E-state index contributed by atoms with van der Waals surface area (Å²) in [7, 11) is 0. The summed E-state index contributed by atoms with van der Waals surface area (Å²) in [6, 6.07) is 2.09. The molecule has 1 aromatic carbocycles. The Kier molecular flexibility index (Phi) is 2.93. The minimum Gasteiger partial charge on any atom is -0.508 e. The van der Waals surface area contributed by atoms with E-state index in [4.69, 9.17) is 0 Å². The number of hydrogen-bond acceptors (Lipinski definition) is 3. The predicted octanol–water partition coefficient (Wildman–Crippen LogP) is 1.64. The van der Waals surface area contributed by atoms with Crippen LogP contribution in [0.2, 0.25) is 0 Å². The Hall–Kier alpha value is -2.12. The van der Waals surface area contributed by atoms with Gasteiger partial charge in [0.25, 0.3) is 0 Å². The molecule has 0 aromatic heterocycles. The molecule has 1 saturated heterocycles. The molecule has 1 atom stereocenters. The van der Waals surface area contributed by atoms with Crippen LogP contribution >= 0.6 is 0 Å². The molecule has 0 spiro atoms. The number of urea groups is 1. The van der Waals surface area contributed by atoms with E-state index in [-0.39, 0.29) is 17.9 Å². The Bertz CT molecular complexity index is 476. The van der Waals surface area contributed by atoms with Crippen molar-refractivity contribution < 1.29 is 27.8 Å². The van der Waals surface area contributed by atoms with Crippen molar-refractivity contribution in [3.8, 4) is 11.5 Å². The number of benzene rings is 1. The molecule has 1 fully saturated rings. The van der Waals surface area contributed by atoms with E-state index in [2.05, 4.69) is 15.4 Å². The number of phenols is 1. The quantitative estimate of drug-likeness (QED) is 0.758. The highest BCUT2D eigenvalue weighted by Crippen LogP contribution is 2.31. The van der Waals surface area contributed by atoms with Crippen LogP contribution in [0, 0.1) is 0 Å². The van der Waals surface area contributed by atoms with Crippen molar-refractivity contribution in [3.05, 3.63) is 23.8 Å². The Labute approximate surface area is 99.6 Å². The van der Waals surface area contributed by atoms with E-state index in [0.717, 1.165) is 18.2 Å². The van der Waals surface area contributed by atoms with Crippen molar-refractivity contribution >= 4 is 6.03 Å². The molecule has 3 N–H and O–H groups in total. The van der Waals surface area contributed by atoms with E-state index in [1.807, 2.05) is 0 Å². The van der Waals surface area contributed by atoms with Gasteiger partial charge in [-0.15, -0.1) is 13.2 Å². The van der Waals surface area contributed by atoms with Crippen LogP contribution in [0.4, 0.5) is 18.0 Å². The summed E-state index contributed by atoms with van der Waals surface area (Å²) in [5.74, 6) is -0.657. The minimum atomic E-state index is -4.80. The Balaban J connectivity index is 2.24. The largest absolute Gasteiger partial charge is 0.573 e. The van der Waals surface area contributed by atoms with Gasteiger partial charge in [0.05, 0.1) is 6.04 Å². The number of halogens is 3. The summed E-state index contributed by atoms with van der Waals surface area (Å²) in [6.07, 6.45) is -4.80. The summed E-state index contributed by atoms with van der Waals surface area (Å²) in [5.41, 5.74) is 0.162. The van der Waals surface area contributed by atoms with Gasteiger partial charge in [0.15, 0.2) is 0 Å². The van der Waals surface area contributed by atoms with Crippen LogP contribution in [0.3, 0.4) is 0 Å². The number of ether oxygens (including phenoxy) is 1. The van der Waals surface area contributed by atoms with E-state index in [1.165, 1.54) is 0 Å². The fourth-order valence-electron chi connectivity index (χ4n) is 1.65. The molecule has 5 nitrogen and oxygen atoms in total. The zero-order valence-corrected chi connectivity index (χ0v) is 8.91. The van der Waals surface area contributed by atoms with Crippen molar-refractivity contribution in [2.45, 2.75) is 12.4 Å². The maximum Gasteiger partial charge on any atom is 0.573 e. The first-order valence-electron chi connectivity index (χ1n) is 4.98. The fourth-order valence-corrected chi connectivity index (χ4v) is 1.65. The normalized spacial score (nSPS) is 19.3. The molecule has 0 bridgehead atoms. The molecule has 18 heavy (non-hydrogen) atoms. The highest BCUT2D eigenvalue weighted by molar-refractivity contribution is 5.77. The van der Waals surface area contributed by atoms with Crippen LogP contribution in [-0.4, -0.2) is 24.0 Å². The number of carbonyl (C=O) groups excluding carboxylic acids is 1. The molecule has 1 heterocycles. The van der Waals surface area contributed by atoms with Crippen LogP contribution in [0.1, 0.15) is 11.6 Å². The van der Waals surface area contributed by atoms with Crippen LogP contribution in [-0.2, 0) is 0 Å². The average Bonchev–Trinajstić information content (AvgIpc) is 2.66. The average molecular weight is 262 g/mol. The van der Waals surface area contributed by atoms with Gasteiger partial charge in [-0.25, -0.2) is 4.79 Å². The number of amides is 2. The maximum absolute atomic E-state index is 12.0. The maximum atomic E-state index is 12.0. The molecule has 8 heteroatoms. The summed E-state index contributed by atoms with van der Waals surface area (Å²) < 4.78 is 39.9. The highest BCUT2D eigenvalue weighted by Gasteiger charge is 2.32. The molecule has 0 unspecified atom stereocenters. The first-order chi connectivity index (χ1) is 8.35. The molecule has 2 rings (SSSR count). The standard InChI is InChI=1S/C10H9F3N2O3/c11-10(12,13)18-5-1-2-8(16)6(3-5)7-4-14-9(17)15-7/h1-3,7,16H,4H2,(H2,14,15,17)/t7-/m0/s1. The Morgan fingerprint density at radius 2 is 2.11 bits per heavy atom. The van der Waals surface area contributed by atoms with Crippen molar-refractivity contribution in [1.29, 1.82) is 0 Å². The van der Waals surface area contributed by atoms with Crippen molar-refractivity contribution in [2.24, 2.45) is 0 Å². The van der Waals surface area contributed by atoms with Gasteiger partial charge in [-0.3, -0.25) is 0 Å². The van der Waals surface area contributed by atoms with Gasteiger partial charge >= 0.3 is 12.4 Å². The number of phenolic OH excluding ortho intramolecular Hbond substituents is 1. The second-order valence-corrected chi connectivity index (χ2v) is 3.68. The van der Waals surface area contributed by atoms with Gasteiger partial charge in [0, 0.05) is 12.1 Å². The van der Waals surface area contributed by atoms with Gasteiger partial charge in [0.1, 0.15) is 11.5 Å². The monoisotopic (exact) mass is 262 g/mol. The van der Waals surface area contributed by atoms with Gasteiger partial charge in [-0.2, -0.15) is 0 Å². The molecule has 0 aliphatic carbocycles. The number of carbonyl (C=O) groups is 1. The van der Waals surface area contributed by atoms with Crippen molar-refractivity contribution in [1.82, 2.24) is 10.6 Å². The first kappa shape index (κ1) is 12.3. The van der Waals surface area contributed by atoms with Gasteiger partial charge < -0.3 is 20.5 Å². The second-order valence-electron chi connectivity index (χ2n) is 3.68. The van der Waals surface area contributed by atoms with Gasteiger partial charge in [0.2, 0.25) is 0 Å². The summed E-state index contributed by atoms with van der Waals surface area (Å²) in [4.78, 5) is 10.9. The molecule has 1 aromatic rings. The van der Waals surface area contributed by atoms with E-state index in [0.29, 0.717) is 0 Å². The smallest absolute Gasteiger partial charge is 0.508 e. The number of nitrogens with one attached hydrogen (secondary N) is 2. The van der Waals surface area contributed by atoms with Crippen molar-refractivity contribution in [2.75, 3.05) is 6.54 Å². The van der Waals surface area contributed by atoms with E-state index >= 15 is 0 Å². The highest BCUT2D eigenvalue weighted by atomic mass is 19.4. The van der Waals surface area contributed by atoms with Crippen LogP contribution in [0.15, 0.2) is 18.2 Å². The third kappa shape index (κ3) is 2.76. The molecular formula is C10H9F3N2O3. The van der Waals surface area contributed by atoms with Crippen molar-refractivity contribution in [3.63, 3.8) is 0 Å². The number of alkyl halides is 3. The molecule has 98 valence electrons. The van der Waals surface area contributed by atoms with Crippen LogP contribution in [0.5, 0.6) is 11.5 Å². The Morgan fingerprint density at radius 3 is 2.67 bits per heavy atom. The zero-order chi connectivity index (χ0) is 13.3. The number of aromatic hydroxyl groups is 1. The number of hydrogen-bond donors (Lipinski definition) is 3. The number of rotatable bonds is 2. The topological polar surface area (TPSA) is 70.6 Å². The lowest BCUT2D eigenvalue weighted by molar-refractivity contribution is -0.274. The van der Waals surface area contributed by atoms with Crippen LogP contribution < -0.4 is 15.4 Å². The van der Waals surface area contributed by atoms with E-state index < -0.39 is 24.2 Å². The predicted molar refractivity (Wildman–Crippen MR) is 54.1 cm³/mol. The summed E-state index contributed by atoms with van der Waals surface area (Å²) in [6.45, 7) is 0.182. The molecule has 1 aliphatic heterocycles. The summed E-state index contributed by atoms with van der Waals surface area (Å²) >= 11 is 0. The van der Waals surface area contributed by atoms with E-state index in [1.54, 1.807) is 0 Å². The zero-order valence-electron chi connectivity index (χ0n) is 8.91. The lowest BCUT2D eigenvalue weighted by atomic mass is 10.1. The van der Waals surface area contributed by atoms with Gasteiger partial charge in [-0.05, 0) is 18.2 Å². The lowest BCUT2D eigenvalue weighted by Crippen LogP contribution is -2.22. The first-order valence-corrected chi connectivity index (χ1v) is 4.98. The molecule has 2 amide bonds. The summed E-state index contributed by atoms with van der Waals surface area (Å²) in [5, 5.41) is 14.5.